The minimum atomic E-state index is 0. The monoisotopic (exact) mass is 1090 g/mol. The van der Waals surface area contributed by atoms with Gasteiger partial charge in [-0.25, -0.2) is 33.4 Å². The summed E-state index contributed by atoms with van der Waals surface area (Å²) in [7, 11) is 0. The summed E-state index contributed by atoms with van der Waals surface area (Å²) in [6.45, 7) is 36.0. The van der Waals surface area contributed by atoms with Crippen molar-refractivity contribution in [2.45, 2.75) is 125 Å². The van der Waals surface area contributed by atoms with E-state index in [9.17, 15) is 0 Å². The molecule has 0 bridgehead atoms. The maximum Gasteiger partial charge on any atom is 0 e. The molecule has 0 unspecified atom stereocenters. The third-order valence-corrected chi connectivity index (χ3v) is 7.11. The Morgan fingerprint density at radius 3 is 0.692 bits per heavy atom. The van der Waals surface area contributed by atoms with Crippen molar-refractivity contribution in [1.29, 1.82) is 0 Å². The summed E-state index contributed by atoms with van der Waals surface area (Å²) < 4.78 is 0. The van der Waals surface area contributed by atoms with Crippen LogP contribution in [0.4, 0.5) is 0 Å². The first kappa shape index (κ1) is 76.8. The zero-order valence-electron chi connectivity index (χ0n) is 43.9. The smallest absolute Gasteiger partial charge is 0 e. The molecule has 345 valence electrons. The van der Waals surface area contributed by atoms with Crippen LogP contribution in [-0.4, -0.2) is 0 Å². The van der Waals surface area contributed by atoms with Gasteiger partial charge in [-0.3, -0.25) is 0 Å². The van der Waals surface area contributed by atoms with Gasteiger partial charge in [0.05, 0.1) is 0 Å². The van der Waals surface area contributed by atoms with E-state index in [-0.39, 0.29) is 98.1 Å². The van der Waals surface area contributed by atoms with Gasteiger partial charge in [-0.05, 0) is 0 Å². The van der Waals surface area contributed by atoms with Crippen LogP contribution in [0.5, 0.6) is 0 Å². The topological polar surface area (TPSA) is 0 Å². The number of hydrogen-bond acceptors (Lipinski definition) is 0. The predicted octanol–water partition coefficient (Wildman–Crippen LogP) is 20.4. The summed E-state index contributed by atoms with van der Waals surface area (Å²) >= 11 is 0. The van der Waals surface area contributed by atoms with Crippen molar-refractivity contribution in [3.05, 3.63) is 206 Å². The average Bonchev–Trinajstić information content (AvgIpc) is 3.42. The zero-order valence-corrected chi connectivity index (χ0v) is 52.4. The molecule has 0 spiro atoms. The van der Waals surface area contributed by atoms with Crippen molar-refractivity contribution in [2.75, 3.05) is 0 Å². The van der Waals surface area contributed by atoms with Gasteiger partial charge in [0, 0.05) is 98.1 Å². The second-order valence-corrected chi connectivity index (χ2v) is 9.98. The number of rotatable bonds is 3. The summed E-state index contributed by atoms with van der Waals surface area (Å²) in [6.07, 6.45) is 0. The summed E-state index contributed by atoms with van der Waals surface area (Å²) in [5.74, 6) is 0. The molecule has 0 atom stereocenters. The Balaban J connectivity index is -0.000000130. The van der Waals surface area contributed by atoms with Crippen LogP contribution < -0.4 is 0 Å². The van der Waals surface area contributed by atoms with Gasteiger partial charge in [-0.15, -0.1) is 70.1 Å². The van der Waals surface area contributed by atoms with Crippen LogP contribution in [0.2, 0.25) is 0 Å². The van der Waals surface area contributed by atoms with E-state index in [0.29, 0.717) is 0 Å². The molecule has 8 aromatic carbocycles. The van der Waals surface area contributed by atoms with E-state index in [0.717, 1.165) is 33.4 Å². The molecule has 0 aliphatic heterocycles. The van der Waals surface area contributed by atoms with Gasteiger partial charge in [-0.2, -0.15) is 121 Å². The van der Waals surface area contributed by atoms with E-state index in [2.05, 4.69) is 109 Å². The molecule has 0 nitrogen and oxygen atoms in total. The molecule has 0 heterocycles. The predicted molar refractivity (Wildman–Crippen MR) is 286 cm³/mol. The third-order valence-electron chi connectivity index (χ3n) is 7.11. The molecule has 3 heteroatoms. The van der Waals surface area contributed by atoms with Crippen molar-refractivity contribution < 1.29 is 98.1 Å². The van der Waals surface area contributed by atoms with Crippen LogP contribution in [0.1, 0.15) is 125 Å². The Kier molecular flexibility index (Phi) is 70.5. The second kappa shape index (κ2) is 59.6. The van der Waals surface area contributed by atoms with Crippen LogP contribution >= 0.6 is 0 Å². The van der Waals surface area contributed by atoms with Crippen LogP contribution in [0.3, 0.4) is 0 Å². The molecular formula is C62H82Y3-6. The Labute approximate surface area is 478 Å². The molecule has 0 amide bonds. The Hall–Kier alpha value is -2.41. The molecule has 8 aromatic rings. The van der Waals surface area contributed by atoms with E-state index in [1.165, 1.54) is 21.5 Å². The van der Waals surface area contributed by atoms with Crippen LogP contribution in [0, 0.1) is 36.4 Å². The largest absolute Gasteiger partial charge is 0.226 e. The van der Waals surface area contributed by atoms with E-state index >= 15 is 0 Å². The van der Waals surface area contributed by atoms with Crippen molar-refractivity contribution in [3.63, 3.8) is 0 Å². The van der Waals surface area contributed by atoms with Gasteiger partial charge < -0.3 is 0 Å². The molecule has 0 N–H and O–H groups in total. The molecule has 8 rings (SSSR count). The van der Waals surface area contributed by atoms with E-state index in [1.54, 1.807) is 0 Å². The van der Waals surface area contributed by atoms with Crippen LogP contribution in [-0.2, 0) is 98.1 Å². The fraction of sp³-hybridized carbons (Fsp3) is 0.290. The fourth-order valence-corrected chi connectivity index (χ4v) is 4.99. The minimum Gasteiger partial charge on any atom is -0.226 e. The Morgan fingerprint density at radius 1 is 0.215 bits per heavy atom. The van der Waals surface area contributed by atoms with Crippen molar-refractivity contribution in [2.24, 2.45) is 0 Å². The summed E-state index contributed by atoms with van der Waals surface area (Å²) in [5.41, 5.74) is 6.63. The molecule has 0 aliphatic carbocycles. The normalized spacial score (nSPS) is 7.78. The fourth-order valence-electron chi connectivity index (χ4n) is 4.99. The molecule has 0 aliphatic rings. The van der Waals surface area contributed by atoms with Gasteiger partial charge in [0.1, 0.15) is 0 Å². The quantitative estimate of drug-likeness (QED) is 0.155. The Morgan fingerprint density at radius 2 is 0.446 bits per heavy atom. The van der Waals surface area contributed by atoms with Gasteiger partial charge >= 0.3 is 0 Å². The number of benzene rings is 8. The van der Waals surface area contributed by atoms with Crippen molar-refractivity contribution >= 4 is 21.5 Å². The standard InChI is InChI=1S/2C16H10.C12H8.9C2H6.3Y/c2*1-2-7-13(8-3-1)16-12-6-10-14-9-4-5-11-15(14)16;1-3-7-11(8-4-1)12-9-5-2-6-10-12;9*1-2;;;/h2*1-7,9-11H;1-7,9H;9*1-2H3;;;/q3*-2;;;;;;;;;;;;. The molecule has 0 fully saturated rings. The summed E-state index contributed by atoms with van der Waals surface area (Å²) in [5, 5.41) is 4.95. The first-order chi connectivity index (χ1) is 30.9. The van der Waals surface area contributed by atoms with Crippen molar-refractivity contribution in [3.8, 4) is 33.4 Å². The maximum absolute atomic E-state index is 3.30. The van der Waals surface area contributed by atoms with E-state index in [1.807, 2.05) is 222 Å². The zero-order chi connectivity index (χ0) is 47.8. The van der Waals surface area contributed by atoms with Crippen molar-refractivity contribution in [1.82, 2.24) is 0 Å². The molecular weight excluding hydrogens is 1010 g/mol. The SMILES string of the molecule is CC.CC.CC.CC.CC.CC.CC.CC.CC.[Y].[Y].[Y].[c-]1ccccc1-c1[c-]ccc2ccccc12.[c-]1ccccc1-c1[c-]ccc2ccccc12.[c-]1ccccc1-c1[c-]cccc1. The number of fused-ring (bicyclic) bond motifs is 2. The van der Waals surface area contributed by atoms with Gasteiger partial charge in [-0.1, -0.05) is 161 Å². The molecule has 0 saturated heterocycles. The molecule has 65 heavy (non-hydrogen) atoms. The van der Waals surface area contributed by atoms with Gasteiger partial charge in [0.15, 0.2) is 0 Å². The first-order valence-electron chi connectivity index (χ1n) is 23.5. The molecule has 3 radical (unpaired) electrons. The van der Waals surface area contributed by atoms with Gasteiger partial charge in [0.25, 0.3) is 0 Å². The summed E-state index contributed by atoms with van der Waals surface area (Å²) in [6, 6.07) is 76.1. The van der Waals surface area contributed by atoms with Crippen LogP contribution in [0.25, 0.3) is 54.9 Å². The minimum absolute atomic E-state index is 0. The third kappa shape index (κ3) is 31.3. The van der Waals surface area contributed by atoms with Crippen LogP contribution in [0.15, 0.2) is 170 Å². The molecule has 0 saturated carbocycles. The Bertz CT molecular complexity index is 1880. The average molecular weight is 1090 g/mol. The molecule has 0 aromatic heterocycles. The maximum atomic E-state index is 3.30. The first-order valence-corrected chi connectivity index (χ1v) is 23.5. The van der Waals surface area contributed by atoms with E-state index in [4.69, 9.17) is 0 Å². The second-order valence-electron chi connectivity index (χ2n) is 9.98. The van der Waals surface area contributed by atoms with E-state index < -0.39 is 0 Å². The summed E-state index contributed by atoms with van der Waals surface area (Å²) in [4.78, 5) is 0. The number of hydrogen-bond donors (Lipinski definition) is 0. The van der Waals surface area contributed by atoms with Gasteiger partial charge in [0.2, 0.25) is 0 Å².